The first kappa shape index (κ1) is 23.4. The van der Waals surface area contributed by atoms with E-state index in [4.69, 9.17) is 0 Å². The molecule has 1 aromatic rings. The highest BCUT2D eigenvalue weighted by Crippen LogP contribution is 2.79. The van der Waals surface area contributed by atoms with Crippen LogP contribution in [0.3, 0.4) is 0 Å². The van der Waals surface area contributed by atoms with Crippen molar-refractivity contribution in [3.63, 3.8) is 0 Å². The van der Waals surface area contributed by atoms with Crippen LogP contribution in [0.2, 0.25) is 0 Å². The molecule has 182 valence electrons. The van der Waals surface area contributed by atoms with E-state index in [-0.39, 0.29) is 17.4 Å². The molecule has 0 bridgehead atoms. The fraction of sp³-hybridized carbons (Fsp3) is 0.733. The van der Waals surface area contributed by atoms with Crippen molar-refractivity contribution < 1.29 is 10.2 Å². The zero-order valence-corrected chi connectivity index (χ0v) is 21.2. The summed E-state index contributed by atoms with van der Waals surface area (Å²) in [5.41, 5.74) is 5.18. The average molecular weight is 452 g/mol. The largest absolute Gasteiger partial charge is 0.396 e. The molecule has 1 aromatic heterocycles. The molecule has 4 aliphatic carbocycles. The molecule has 33 heavy (non-hydrogen) atoms. The van der Waals surface area contributed by atoms with Gasteiger partial charge in [-0.3, -0.25) is 0 Å². The third kappa shape index (κ3) is 3.52. The molecule has 3 nitrogen and oxygen atoms in total. The fourth-order valence-corrected chi connectivity index (χ4v) is 9.48. The van der Waals surface area contributed by atoms with Gasteiger partial charge in [-0.2, -0.15) is 0 Å². The van der Waals surface area contributed by atoms with Crippen molar-refractivity contribution in [2.75, 3.05) is 13.2 Å². The SMILES string of the molecule is C=C1C=C2[C@@]3(CC[C@H](C[C@H](CO)Cc4cc[nH]c4)C3)C[C@@H](CCO)[C@H](C)[C@@]2(C)[C@H]2[C@@H]1C2(C)C. The van der Waals surface area contributed by atoms with Gasteiger partial charge in [0.1, 0.15) is 0 Å². The average Bonchev–Trinajstić information content (AvgIpc) is 3.12. The van der Waals surface area contributed by atoms with Gasteiger partial charge in [-0.15, -0.1) is 0 Å². The van der Waals surface area contributed by atoms with Crippen molar-refractivity contribution in [1.82, 2.24) is 4.98 Å². The minimum absolute atomic E-state index is 0.212. The van der Waals surface area contributed by atoms with Gasteiger partial charge in [-0.1, -0.05) is 51.5 Å². The van der Waals surface area contributed by atoms with Crippen LogP contribution in [0, 0.1) is 51.8 Å². The van der Waals surface area contributed by atoms with Crippen molar-refractivity contribution in [2.24, 2.45) is 51.8 Å². The minimum atomic E-state index is 0.212. The Hall–Kier alpha value is -1.32. The third-order valence-corrected chi connectivity index (χ3v) is 11.0. The highest BCUT2D eigenvalue weighted by atomic mass is 16.3. The summed E-state index contributed by atoms with van der Waals surface area (Å²) >= 11 is 0. The second-order valence-corrected chi connectivity index (χ2v) is 13.1. The molecular formula is C30H45NO2. The van der Waals surface area contributed by atoms with E-state index >= 15 is 0 Å². The van der Waals surface area contributed by atoms with Gasteiger partial charge in [-0.25, -0.2) is 0 Å². The lowest BCUT2D eigenvalue weighted by Gasteiger charge is -2.57. The van der Waals surface area contributed by atoms with Gasteiger partial charge in [-0.05, 0) is 108 Å². The molecule has 1 heterocycles. The number of aromatic nitrogens is 1. The van der Waals surface area contributed by atoms with Gasteiger partial charge in [0.2, 0.25) is 0 Å². The highest BCUT2D eigenvalue weighted by Gasteiger charge is 2.72. The topological polar surface area (TPSA) is 56.2 Å². The van der Waals surface area contributed by atoms with Crippen LogP contribution < -0.4 is 0 Å². The molecule has 0 radical (unpaired) electrons. The molecule has 0 aromatic carbocycles. The Kier molecular flexibility index (Phi) is 5.77. The van der Waals surface area contributed by atoms with Crippen molar-refractivity contribution >= 4 is 0 Å². The Morgan fingerprint density at radius 2 is 2.00 bits per heavy atom. The first-order valence-electron chi connectivity index (χ1n) is 13.4. The van der Waals surface area contributed by atoms with E-state index < -0.39 is 0 Å². The van der Waals surface area contributed by atoms with Crippen LogP contribution in [0.25, 0.3) is 0 Å². The predicted molar refractivity (Wildman–Crippen MR) is 135 cm³/mol. The molecular weight excluding hydrogens is 406 g/mol. The van der Waals surface area contributed by atoms with Crippen LogP contribution in [0.1, 0.15) is 71.8 Å². The van der Waals surface area contributed by atoms with E-state index in [0.717, 1.165) is 19.3 Å². The van der Waals surface area contributed by atoms with E-state index in [2.05, 4.69) is 57.6 Å². The second kappa shape index (κ2) is 8.12. The Bertz CT molecular complexity index is 914. The smallest absolute Gasteiger partial charge is 0.0462 e. The molecule has 0 amide bonds. The number of allylic oxidation sites excluding steroid dienone is 3. The highest BCUT2D eigenvalue weighted by molar-refractivity contribution is 5.48. The van der Waals surface area contributed by atoms with Crippen LogP contribution in [-0.2, 0) is 6.42 Å². The van der Waals surface area contributed by atoms with Crippen molar-refractivity contribution in [1.29, 1.82) is 0 Å². The van der Waals surface area contributed by atoms with E-state index in [1.165, 1.54) is 36.8 Å². The van der Waals surface area contributed by atoms with E-state index in [1.54, 1.807) is 5.57 Å². The van der Waals surface area contributed by atoms with Gasteiger partial charge < -0.3 is 15.2 Å². The Morgan fingerprint density at radius 3 is 2.67 bits per heavy atom. The van der Waals surface area contributed by atoms with Crippen LogP contribution >= 0.6 is 0 Å². The summed E-state index contributed by atoms with van der Waals surface area (Å²) in [6, 6.07) is 2.14. The minimum Gasteiger partial charge on any atom is -0.396 e. The van der Waals surface area contributed by atoms with Crippen molar-refractivity contribution in [3.8, 4) is 0 Å². The summed E-state index contributed by atoms with van der Waals surface area (Å²) in [5.74, 6) is 3.51. The van der Waals surface area contributed by atoms with Crippen LogP contribution in [-0.4, -0.2) is 28.4 Å². The van der Waals surface area contributed by atoms with Gasteiger partial charge in [0, 0.05) is 25.6 Å². The summed E-state index contributed by atoms with van der Waals surface area (Å²) in [5, 5.41) is 20.1. The summed E-state index contributed by atoms with van der Waals surface area (Å²) < 4.78 is 0. The van der Waals surface area contributed by atoms with Gasteiger partial charge in [0.05, 0.1) is 0 Å². The molecule has 3 heteroatoms. The fourth-order valence-electron chi connectivity index (χ4n) is 9.48. The molecule has 0 unspecified atom stereocenters. The summed E-state index contributed by atoms with van der Waals surface area (Å²) in [6.45, 7) is 15.1. The molecule has 4 aliphatic rings. The number of fused-ring (bicyclic) bond motifs is 4. The maximum Gasteiger partial charge on any atom is 0.0462 e. The lowest BCUT2D eigenvalue weighted by Crippen LogP contribution is -2.49. The van der Waals surface area contributed by atoms with E-state index in [1.807, 2.05) is 6.20 Å². The molecule has 1 spiro atoms. The number of hydrogen-bond donors (Lipinski definition) is 3. The monoisotopic (exact) mass is 451 g/mol. The van der Waals surface area contributed by atoms with Gasteiger partial charge in [0.25, 0.3) is 0 Å². The van der Waals surface area contributed by atoms with Gasteiger partial charge in [0.15, 0.2) is 0 Å². The first-order chi connectivity index (χ1) is 15.7. The number of nitrogens with one attached hydrogen (secondary N) is 1. The quantitative estimate of drug-likeness (QED) is 0.465. The molecule has 3 saturated carbocycles. The summed E-state index contributed by atoms with van der Waals surface area (Å²) in [7, 11) is 0. The number of aliphatic hydroxyl groups excluding tert-OH is 2. The van der Waals surface area contributed by atoms with Crippen LogP contribution in [0.15, 0.2) is 42.3 Å². The predicted octanol–water partition coefficient (Wildman–Crippen LogP) is 6.16. The molecule has 8 atom stereocenters. The van der Waals surface area contributed by atoms with E-state index in [9.17, 15) is 10.2 Å². The molecule has 3 fully saturated rings. The van der Waals surface area contributed by atoms with Crippen LogP contribution in [0.4, 0.5) is 0 Å². The molecule has 0 aliphatic heterocycles. The number of hydrogen-bond acceptors (Lipinski definition) is 2. The van der Waals surface area contributed by atoms with E-state index in [0.29, 0.717) is 47.5 Å². The zero-order valence-electron chi connectivity index (χ0n) is 21.2. The molecule has 5 rings (SSSR count). The lowest BCUT2D eigenvalue weighted by molar-refractivity contribution is 0.00909. The van der Waals surface area contributed by atoms with Crippen molar-refractivity contribution in [3.05, 3.63) is 47.8 Å². The van der Waals surface area contributed by atoms with Crippen molar-refractivity contribution in [2.45, 2.75) is 72.6 Å². The lowest BCUT2D eigenvalue weighted by atomic mass is 9.47. The second-order valence-electron chi connectivity index (χ2n) is 13.1. The molecule has 3 N–H and O–H groups in total. The first-order valence-corrected chi connectivity index (χ1v) is 13.4. The Labute approximate surface area is 200 Å². The maximum atomic E-state index is 10.1. The number of aromatic amines is 1. The molecule has 0 saturated heterocycles. The number of rotatable bonds is 7. The third-order valence-electron chi connectivity index (χ3n) is 11.0. The summed E-state index contributed by atoms with van der Waals surface area (Å²) in [6.07, 6.45) is 14.6. The standard InChI is InChI=1S/C30H45NO2/c1-19-12-25-29(5,27-26(19)28(27,3)4)20(2)24(8-11-32)16-30(25)9-6-21(15-30)13-23(18-33)14-22-7-10-31-17-22/h7,10,12,17,20-21,23-24,26-27,31-33H,1,6,8-9,11,13-16,18H2,2-5H3/t20-,21+,23-,24+,26+,27-,29+,30+/m0/s1. The Morgan fingerprint density at radius 1 is 1.21 bits per heavy atom. The Balaban J connectivity index is 1.42. The maximum absolute atomic E-state index is 10.1. The van der Waals surface area contributed by atoms with Gasteiger partial charge >= 0.3 is 0 Å². The normalized spacial score (nSPS) is 42.1. The summed E-state index contributed by atoms with van der Waals surface area (Å²) in [4.78, 5) is 3.16. The number of H-pyrrole nitrogens is 1. The van der Waals surface area contributed by atoms with Crippen LogP contribution in [0.5, 0.6) is 0 Å². The zero-order chi connectivity index (χ0) is 23.6. The number of aliphatic hydroxyl groups is 2.